The Hall–Kier alpha value is -2.85. The Balaban J connectivity index is 1.82. The van der Waals surface area contributed by atoms with Crippen molar-refractivity contribution in [2.75, 3.05) is 12.4 Å². The summed E-state index contributed by atoms with van der Waals surface area (Å²) in [5, 5.41) is 3.94. The van der Waals surface area contributed by atoms with Crippen molar-refractivity contribution >= 4 is 23.1 Å². The number of methoxy groups -OCH3 is 1. The number of benzene rings is 3. The van der Waals surface area contributed by atoms with Crippen LogP contribution in [0.25, 0.3) is 0 Å². The van der Waals surface area contributed by atoms with Crippen molar-refractivity contribution < 1.29 is 13.9 Å². The van der Waals surface area contributed by atoms with Gasteiger partial charge in [0, 0.05) is 22.7 Å². The van der Waals surface area contributed by atoms with Crippen LogP contribution in [0.2, 0.25) is 5.02 Å². The van der Waals surface area contributed by atoms with Crippen LogP contribution in [0, 0.1) is 5.82 Å². The molecule has 3 aromatic rings. The number of hydrogen-bond acceptors (Lipinski definition) is 3. The van der Waals surface area contributed by atoms with E-state index in [1.54, 1.807) is 55.6 Å². The van der Waals surface area contributed by atoms with Crippen LogP contribution in [0.5, 0.6) is 5.75 Å². The van der Waals surface area contributed by atoms with Gasteiger partial charge < -0.3 is 10.1 Å². The van der Waals surface area contributed by atoms with Crippen LogP contribution in [0.3, 0.4) is 0 Å². The molecule has 0 fully saturated rings. The van der Waals surface area contributed by atoms with Crippen LogP contribution in [-0.4, -0.2) is 12.9 Å². The molecular formula is C22H19ClFNO2. The second-order valence-electron chi connectivity index (χ2n) is 6.11. The third-order valence-electron chi connectivity index (χ3n) is 4.26. The number of anilines is 1. The van der Waals surface area contributed by atoms with E-state index in [-0.39, 0.29) is 24.1 Å². The fourth-order valence-corrected chi connectivity index (χ4v) is 2.90. The minimum Gasteiger partial charge on any atom is -0.497 e. The minimum absolute atomic E-state index is 0.00721. The van der Waals surface area contributed by atoms with Crippen LogP contribution in [0.4, 0.5) is 10.1 Å². The van der Waals surface area contributed by atoms with Gasteiger partial charge in [-0.25, -0.2) is 4.39 Å². The number of carbonyl (C=O) groups excluding carboxylic acids is 1. The number of halogens is 2. The van der Waals surface area contributed by atoms with E-state index in [1.807, 2.05) is 12.1 Å². The maximum Gasteiger partial charge on any atom is 0.165 e. The predicted octanol–water partition coefficient (Wildman–Crippen LogP) is 5.91. The molecule has 1 N–H and O–H groups in total. The number of nitrogens with one attached hydrogen (secondary N) is 1. The van der Waals surface area contributed by atoms with E-state index in [0.29, 0.717) is 16.3 Å². The molecule has 1 atom stereocenters. The summed E-state index contributed by atoms with van der Waals surface area (Å²) >= 11 is 5.98. The zero-order chi connectivity index (χ0) is 19.2. The Labute approximate surface area is 162 Å². The number of carbonyl (C=O) groups is 1. The molecule has 5 heteroatoms. The quantitative estimate of drug-likeness (QED) is 0.515. The van der Waals surface area contributed by atoms with E-state index in [1.165, 1.54) is 12.1 Å². The predicted molar refractivity (Wildman–Crippen MR) is 106 cm³/mol. The van der Waals surface area contributed by atoms with Gasteiger partial charge >= 0.3 is 0 Å². The highest BCUT2D eigenvalue weighted by Gasteiger charge is 2.18. The topological polar surface area (TPSA) is 38.3 Å². The molecule has 0 amide bonds. The number of hydrogen-bond donors (Lipinski definition) is 1. The average Bonchev–Trinajstić information content (AvgIpc) is 2.70. The van der Waals surface area contributed by atoms with E-state index in [4.69, 9.17) is 16.3 Å². The molecule has 0 aromatic heterocycles. The summed E-state index contributed by atoms with van der Waals surface area (Å²) in [6.07, 6.45) is 0.241. The van der Waals surface area contributed by atoms with Gasteiger partial charge in [-0.1, -0.05) is 23.7 Å². The van der Waals surface area contributed by atoms with Crippen LogP contribution in [0.15, 0.2) is 72.8 Å². The van der Waals surface area contributed by atoms with Crippen molar-refractivity contribution in [3.63, 3.8) is 0 Å². The summed E-state index contributed by atoms with van der Waals surface area (Å²) in [5.74, 6) is 0.385. The monoisotopic (exact) mass is 383 g/mol. The second-order valence-corrected chi connectivity index (χ2v) is 6.55. The Morgan fingerprint density at radius 1 is 1.00 bits per heavy atom. The van der Waals surface area contributed by atoms with Gasteiger partial charge in [0.05, 0.1) is 13.2 Å². The Bertz CT molecular complexity index is 893. The molecule has 0 saturated carbocycles. The molecular weight excluding hydrogens is 365 g/mol. The molecule has 0 aliphatic heterocycles. The van der Waals surface area contributed by atoms with Crippen molar-refractivity contribution in [1.82, 2.24) is 0 Å². The number of ketones is 1. The van der Waals surface area contributed by atoms with E-state index < -0.39 is 0 Å². The Morgan fingerprint density at radius 2 is 1.63 bits per heavy atom. The lowest BCUT2D eigenvalue weighted by Gasteiger charge is -2.20. The third-order valence-corrected chi connectivity index (χ3v) is 4.51. The zero-order valence-corrected chi connectivity index (χ0v) is 15.5. The van der Waals surface area contributed by atoms with Crippen LogP contribution in [-0.2, 0) is 0 Å². The van der Waals surface area contributed by atoms with Gasteiger partial charge in [-0.15, -0.1) is 0 Å². The fraction of sp³-hybridized carbons (Fsp3) is 0.136. The molecule has 0 bridgehead atoms. The first-order valence-corrected chi connectivity index (χ1v) is 8.88. The zero-order valence-electron chi connectivity index (χ0n) is 14.8. The maximum atomic E-state index is 13.2. The lowest BCUT2D eigenvalue weighted by Crippen LogP contribution is -2.16. The van der Waals surface area contributed by atoms with E-state index in [9.17, 15) is 9.18 Å². The first-order valence-electron chi connectivity index (χ1n) is 8.50. The molecule has 0 spiro atoms. The highest BCUT2D eigenvalue weighted by Crippen LogP contribution is 2.26. The van der Waals surface area contributed by atoms with Gasteiger partial charge in [0.25, 0.3) is 0 Å². The molecule has 3 aromatic carbocycles. The summed E-state index contributed by atoms with van der Waals surface area (Å²) in [5.41, 5.74) is 2.26. The summed E-state index contributed by atoms with van der Waals surface area (Å²) < 4.78 is 18.3. The SMILES string of the molecule is COc1ccc(C(=O)C[C@H](Nc2ccc(F)cc2)c2ccc(Cl)cc2)cc1. The molecule has 0 unspecified atom stereocenters. The molecule has 0 aliphatic carbocycles. The highest BCUT2D eigenvalue weighted by molar-refractivity contribution is 6.30. The molecule has 0 heterocycles. The normalized spacial score (nSPS) is 11.7. The third kappa shape index (κ3) is 5.08. The van der Waals surface area contributed by atoms with Gasteiger partial charge in [0.1, 0.15) is 11.6 Å². The molecule has 0 aliphatic rings. The molecule has 3 nitrogen and oxygen atoms in total. The van der Waals surface area contributed by atoms with Gasteiger partial charge in [-0.3, -0.25) is 4.79 Å². The summed E-state index contributed by atoms with van der Waals surface area (Å²) in [4.78, 5) is 12.8. The van der Waals surface area contributed by atoms with Gasteiger partial charge in [-0.2, -0.15) is 0 Å². The smallest absolute Gasteiger partial charge is 0.165 e. The fourth-order valence-electron chi connectivity index (χ4n) is 2.77. The minimum atomic E-state index is -0.307. The van der Waals surface area contributed by atoms with Gasteiger partial charge in [0.15, 0.2) is 5.78 Å². The molecule has 0 radical (unpaired) electrons. The van der Waals surface area contributed by atoms with Crippen LogP contribution < -0.4 is 10.1 Å². The number of ether oxygens (including phenoxy) is 1. The van der Waals surface area contributed by atoms with E-state index in [2.05, 4.69) is 5.32 Å². The van der Waals surface area contributed by atoms with Crippen molar-refractivity contribution in [2.24, 2.45) is 0 Å². The molecule has 0 saturated heterocycles. The average molecular weight is 384 g/mol. The Kier molecular flexibility index (Phi) is 6.09. The highest BCUT2D eigenvalue weighted by atomic mass is 35.5. The number of Topliss-reactive ketones (excluding diaryl/α,β-unsaturated/α-hetero) is 1. The van der Waals surface area contributed by atoms with Crippen molar-refractivity contribution in [1.29, 1.82) is 0 Å². The lowest BCUT2D eigenvalue weighted by molar-refractivity contribution is 0.0976. The van der Waals surface area contributed by atoms with E-state index >= 15 is 0 Å². The largest absolute Gasteiger partial charge is 0.497 e. The van der Waals surface area contributed by atoms with Crippen molar-refractivity contribution in [3.8, 4) is 5.75 Å². The second kappa shape index (κ2) is 8.69. The molecule has 27 heavy (non-hydrogen) atoms. The van der Waals surface area contributed by atoms with Crippen LogP contribution in [0.1, 0.15) is 28.4 Å². The Morgan fingerprint density at radius 3 is 2.22 bits per heavy atom. The first kappa shape index (κ1) is 18.9. The van der Waals surface area contributed by atoms with Crippen LogP contribution >= 0.6 is 11.6 Å². The molecule has 138 valence electrons. The molecule has 3 rings (SSSR count). The van der Waals surface area contributed by atoms with Gasteiger partial charge in [0.2, 0.25) is 0 Å². The van der Waals surface area contributed by atoms with Gasteiger partial charge in [-0.05, 0) is 66.2 Å². The summed E-state index contributed by atoms with van der Waals surface area (Å²) in [7, 11) is 1.58. The maximum absolute atomic E-state index is 13.2. The summed E-state index contributed by atoms with van der Waals surface area (Å²) in [6.45, 7) is 0. The standard InChI is InChI=1S/C22H19ClFNO2/c1-27-20-12-4-16(5-13-20)22(26)14-21(15-2-6-17(23)7-3-15)25-19-10-8-18(24)9-11-19/h2-13,21,25H,14H2,1H3/t21-/m0/s1. The van der Waals surface area contributed by atoms with Crippen molar-refractivity contribution in [3.05, 3.63) is 94.8 Å². The first-order chi connectivity index (χ1) is 13.0. The van der Waals surface area contributed by atoms with E-state index in [0.717, 1.165) is 11.3 Å². The van der Waals surface area contributed by atoms with Crippen molar-refractivity contribution in [2.45, 2.75) is 12.5 Å². The number of rotatable bonds is 7. The lowest BCUT2D eigenvalue weighted by atomic mass is 9.97. The summed E-state index contributed by atoms with van der Waals surface area (Å²) in [6, 6.07) is 20.1.